The predicted octanol–water partition coefficient (Wildman–Crippen LogP) is 1.56. The van der Waals surface area contributed by atoms with Crippen LogP contribution in [0.25, 0.3) is 0 Å². The van der Waals surface area contributed by atoms with Crippen molar-refractivity contribution in [2.75, 3.05) is 6.61 Å². The second-order valence-corrected chi connectivity index (χ2v) is 3.14. The van der Waals surface area contributed by atoms with Gasteiger partial charge in [-0.2, -0.15) is 0 Å². The maximum atomic E-state index is 9.23. The SMILES string of the molecule is C[C@H]1COC(c2cccc(O)c2)=N1. The Balaban J connectivity index is 2.31. The number of phenolic OH excluding ortho intramolecular Hbond substituents is 1. The first-order valence-electron chi connectivity index (χ1n) is 4.26. The van der Waals surface area contributed by atoms with E-state index in [2.05, 4.69) is 4.99 Å². The Labute approximate surface area is 76.7 Å². The van der Waals surface area contributed by atoms with E-state index < -0.39 is 0 Å². The second-order valence-electron chi connectivity index (χ2n) is 3.14. The number of ether oxygens (including phenoxy) is 1. The predicted molar refractivity (Wildman–Crippen MR) is 50.1 cm³/mol. The van der Waals surface area contributed by atoms with Crippen LogP contribution in [0.15, 0.2) is 29.3 Å². The van der Waals surface area contributed by atoms with Gasteiger partial charge in [-0.05, 0) is 25.1 Å². The van der Waals surface area contributed by atoms with Gasteiger partial charge in [-0.3, -0.25) is 0 Å². The maximum Gasteiger partial charge on any atom is 0.216 e. The van der Waals surface area contributed by atoms with Crippen LogP contribution in [-0.2, 0) is 4.74 Å². The molecule has 0 bridgehead atoms. The highest BCUT2D eigenvalue weighted by molar-refractivity contribution is 5.95. The molecule has 0 saturated carbocycles. The van der Waals surface area contributed by atoms with Gasteiger partial charge < -0.3 is 9.84 Å². The van der Waals surface area contributed by atoms with Gasteiger partial charge in [0.25, 0.3) is 0 Å². The Bertz CT molecular complexity index is 347. The molecule has 0 spiro atoms. The molecule has 0 saturated heterocycles. The number of phenols is 1. The summed E-state index contributed by atoms with van der Waals surface area (Å²) in [5.74, 6) is 0.867. The van der Waals surface area contributed by atoms with Crippen LogP contribution in [0.4, 0.5) is 0 Å². The fourth-order valence-electron chi connectivity index (χ4n) is 1.27. The summed E-state index contributed by atoms with van der Waals surface area (Å²) in [5, 5.41) is 9.23. The van der Waals surface area contributed by atoms with E-state index in [0.717, 1.165) is 5.56 Å². The second kappa shape index (κ2) is 3.09. The van der Waals surface area contributed by atoms with E-state index in [9.17, 15) is 5.11 Å². The molecule has 0 amide bonds. The molecule has 2 rings (SSSR count). The van der Waals surface area contributed by atoms with Crippen molar-refractivity contribution in [1.29, 1.82) is 0 Å². The normalized spacial score (nSPS) is 21.0. The van der Waals surface area contributed by atoms with Crippen LogP contribution < -0.4 is 0 Å². The molecule has 68 valence electrons. The van der Waals surface area contributed by atoms with Crippen LogP contribution in [0.1, 0.15) is 12.5 Å². The zero-order valence-corrected chi connectivity index (χ0v) is 7.40. The highest BCUT2D eigenvalue weighted by atomic mass is 16.5. The summed E-state index contributed by atoms with van der Waals surface area (Å²) in [6.07, 6.45) is 0. The van der Waals surface area contributed by atoms with Gasteiger partial charge in [0.05, 0.1) is 6.04 Å². The van der Waals surface area contributed by atoms with Crippen molar-refractivity contribution < 1.29 is 9.84 Å². The van der Waals surface area contributed by atoms with Crippen molar-refractivity contribution in [3.8, 4) is 5.75 Å². The molecule has 13 heavy (non-hydrogen) atoms. The van der Waals surface area contributed by atoms with E-state index >= 15 is 0 Å². The number of aromatic hydroxyl groups is 1. The van der Waals surface area contributed by atoms with E-state index in [4.69, 9.17) is 4.74 Å². The highest BCUT2D eigenvalue weighted by Crippen LogP contribution is 2.16. The zero-order chi connectivity index (χ0) is 9.26. The van der Waals surface area contributed by atoms with Crippen molar-refractivity contribution >= 4 is 5.90 Å². The smallest absolute Gasteiger partial charge is 0.216 e. The fourth-order valence-corrected chi connectivity index (χ4v) is 1.27. The molecule has 0 radical (unpaired) electrons. The van der Waals surface area contributed by atoms with Crippen LogP contribution in [0.5, 0.6) is 5.75 Å². The van der Waals surface area contributed by atoms with Crippen LogP contribution in [0, 0.1) is 0 Å². The summed E-state index contributed by atoms with van der Waals surface area (Å²) in [5.41, 5.74) is 0.837. The van der Waals surface area contributed by atoms with E-state index in [-0.39, 0.29) is 11.8 Å². The summed E-state index contributed by atoms with van der Waals surface area (Å²) in [6, 6.07) is 7.15. The van der Waals surface area contributed by atoms with Gasteiger partial charge in [-0.25, -0.2) is 4.99 Å². The van der Waals surface area contributed by atoms with E-state index in [1.54, 1.807) is 18.2 Å². The Kier molecular flexibility index (Phi) is 1.93. The Morgan fingerprint density at radius 2 is 2.38 bits per heavy atom. The Morgan fingerprint density at radius 1 is 1.54 bits per heavy atom. The molecule has 0 fully saturated rings. The molecule has 1 aromatic carbocycles. The lowest BCUT2D eigenvalue weighted by Crippen LogP contribution is -2.01. The van der Waals surface area contributed by atoms with Gasteiger partial charge in [-0.15, -0.1) is 0 Å². The number of nitrogens with zero attached hydrogens (tertiary/aromatic N) is 1. The largest absolute Gasteiger partial charge is 0.508 e. The van der Waals surface area contributed by atoms with Crippen molar-refractivity contribution in [3.05, 3.63) is 29.8 Å². The van der Waals surface area contributed by atoms with E-state index in [1.165, 1.54) is 0 Å². The Hall–Kier alpha value is -1.51. The molecule has 3 heteroatoms. The first-order chi connectivity index (χ1) is 6.25. The third-order valence-electron chi connectivity index (χ3n) is 1.89. The fraction of sp³-hybridized carbons (Fsp3) is 0.300. The lowest BCUT2D eigenvalue weighted by molar-refractivity contribution is 0.324. The number of hydrogen-bond acceptors (Lipinski definition) is 3. The van der Waals surface area contributed by atoms with Gasteiger partial charge in [0, 0.05) is 5.56 Å². The lowest BCUT2D eigenvalue weighted by Gasteiger charge is -2.00. The monoisotopic (exact) mass is 177 g/mol. The highest BCUT2D eigenvalue weighted by Gasteiger charge is 2.15. The minimum absolute atomic E-state index is 0.220. The van der Waals surface area contributed by atoms with E-state index in [0.29, 0.717) is 12.5 Å². The van der Waals surface area contributed by atoms with Gasteiger partial charge in [0.15, 0.2) is 0 Å². The molecule has 1 aliphatic rings. The Morgan fingerprint density at radius 3 is 3.00 bits per heavy atom. The van der Waals surface area contributed by atoms with E-state index in [1.807, 2.05) is 13.0 Å². The van der Waals surface area contributed by atoms with Crippen LogP contribution in [0.3, 0.4) is 0 Å². The molecule has 0 unspecified atom stereocenters. The van der Waals surface area contributed by atoms with Crippen molar-refractivity contribution in [2.45, 2.75) is 13.0 Å². The minimum Gasteiger partial charge on any atom is -0.508 e. The molecule has 1 atom stereocenters. The van der Waals surface area contributed by atoms with Gasteiger partial charge in [0.1, 0.15) is 12.4 Å². The summed E-state index contributed by atoms with van der Waals surface area (Å²) >= 11 is 0. The standard InChI is InChI=1S/C10H11NO2/c1-7-6-13-10(11-7)8-3-2-4-9(12)5-8/h2-5,7,12H,6H2,1H3/t7-/m0/s1. The quantitative estimate of drug-likeness (QED) is 0.707. The zero-order valence-electron chi connectivity index (χ0n) is 7.40. The summed E-state index contributed by atoms with van der Waals surface area (Å²) in [6.45, 7) is 2.63. The average molecular weight is 177 g/mol. The number of hydrogen-bond donors (Lipinski definition) is 1. The molecular weight excluding hydrogens is 166 g/mol. The molecule has 0 aromatic heterocycles. The minimum atomic E-state index is 0.220. The van der Waals surface area contributed by atoms with Gasteiger partial charge in [-0.1, -0.05) is 6.07 Å². The molecular formula is C10H11NO2. The maximum absolute atomic E-state index is 9.23. The average Bonchev–Trinajstić information content (AvgIpc) is 2.52. The summed E-state index contributed by atoms with van der Waals surface area (Å²) in [7, 11) is 0. The molecule has 1 N–H and O–H groups in total. The number of benzene rings is 1. The lowest BCUT2D eigenvalue weighted by atomic mass is 10.2. The first-order valence-corrected chi connectivity index (χ1v) is 4.26. The number of aliphatic imine (C=N–C) groups is 1. The first kappa shape index (κ1) is 8.10. The third-order valence-corrected chi connectivity index (χ3v) is 1.89. The van der Waals surface area contributed by atoms with Crippen molar-refractivity contribution in [3.63, 3.8) is 0 Å². The molecule has 1 aliphatic heterocycles. The van der Waals surface area contributed by atoms with Crippen LogP contribution in [-0.4, -0.2) is 23.7 Å². The van der Waals surface area contributed by atoms with Gasteiger partial charge in [0.2, 0.25) is 5.90 Å². The molecule has 1 aromatic rings. The summed E-state index contributed by atoms with van der Waals surface area (Å²) in [4.78, 5) is 4.28. The van der Waals surface area contributed by atoms with Crippen LogP contribution in [0.2, 0.25) is 0 Å². The van der Waals surface area contributed by atoms with Gasteiger partial charge >= 0.3 is 0 Å². The summed E-state index contributed by atoms with van der Waals surface area (Å²) < 4.78 is 5.35. The van der Waals surface area contributed by atoms with Crippen LogP contribution >= 0.6 is 0 Å². The van der Waals surface area contributed by atoms with Crippen molar-refractivity contribution in [1.82, 2.24) is 0 Å². The molecule has 3 nitrogen and oxygen atoms in total. The van der Waals surface area contributed by atoms with Crippen molar-refractivity contribution in [2.24, 2.45) is 4.99 Å². The third kappa shape index (κ3) is 1.64. The molecule has 1 heterocycles. The topological polar surface area (TPSA) is 41.8 Å². The molecule has 0 aliphatic carbocycles. The number of rotatable bonds is 1.